The second kappa shape index (κ2) is 4.65. The Morgan fingerprint density at radius 1 is 1.00 bits per heavy atom. The van der Waals surface area contributed by atoms with Gasteiger partial charge in [0, 0.05) is 6.04 Å². The second-order valence-electron chi connectivity index (χ2n) is 5.72. The molecule has 14 heavy (non-hydrogen) atoms. The van der Waals surface area contributed by atoms with Gasteiger partial charge in [-0.2, -0.15) is 0 Å². The van der Waals surface area contributed by atoms with Gasteiger partial charge in [-0.3, -0.25) is 0 Å². The van der Waals surface area contributed by atoms with Crippen molar-refractivity contribution in [1.82, 2.24) is 0 Å². The smallest absolute Gasteiger partial charge is 0.00672 e. The van der Waals surface area contributed by atoms with Gasteiger partial charge < -0.3 is 5.73 Å². The van der Waals surface area contributed by atoms with E-state index in [9.17, 15) is 0 Å². The van der Waals surface area contributed by atoms with Crippen molar-refractivity contribution in [3.05, 3.63) is 0 Å². The van der Waals surface area contributed by atoms with E-state index >= 15 is 0 Å². The fourth-order valence-corrected chi connectivity index (χ4v) is 3.35. The van der Waals surface area contributed by atoms with E-state index in [0.717, 1.165) is 17.8 Å². The van der Waals surface area contributed by atoms with Gasteiger partial charge in [-0.25, -0.2) is 0 Å². The van der Waals surface area contributed by atoms with Crippen LogP contribution in [-0.4, -0.2) is 6.04 Å². The first kappa shape index (κ1) is 10.5. The van der Waals surface area contributed by atoms with E-state index in [0.29, 0.717) is 6.04 Å². The molecule has 1 nitrogen and oxygen atoms in total. The third kappa shape index (κ3) is 2.50. The van der Waals surface area contributed by atoms with E-state index in [2.05, 4.69) is 6.92 Å². The highest BCUT2D eigenvalue weighted by Crippen LogP contribution is 2.36. The molecule has 0 heterocycles. The Balaban J connectivity index is 1.74. The number of hydrogen-bond donors (Lipinski definition) is 1. The zero-order valence-electron chi connectivity index (χ0n) is 9.54. The van der Waals surface area contributed by atoms with Crippen molar-refractivity contribution in [1.29, 1.82) is 0 Å². The van der Waals surface area contributed by atoms with Crippen LogP contribution in [0.4, 0.5) is 0 Å². The molecule has 0 radical (unpaired) electrons. The molecule has 2 rings (SSSR count). The summed E-state index contributed by atoms with van der Waals surface area (Å²) in [6.07, 6.45) is 11.4. The molecule has 2 aliphatic carbocycles. The first-order valence-corrected chi connectivity index (χ1v) is 6.51. The van der Waals surface area contributed by atoms with Crippen LogP contribution >= 0.6 is 0 Å². The molecule has 0 aromatic carbocycles. The van der Waals surface area contributed by atoms with Gasteiger partial charge in [0.1, 0.15) is 0 Å². The van der Waals surface area contributed by atoms with Crippen molar-refractivity contribution < 1.29 is 0 Å². The van der Waals surface area contributed by atoms with Crippen molar-refractivity contribution in [2.45, 2.75) is 64.3 Å². The Morgan fingerprint density at radius 3 is 2.29 bits per heavy atom. The minimum atomic E-state index is 0.536. The summed E-state index contributed by atoms with van der Waals surface area (Å²) in [5.41, 5.74) is 6.12. The molecule has 0 aromatic heterocycles. The quantitative estimate of drug-likeness (QED) is 0.718. The van der Waals surface area contributed by atoms with E-state index < -0.39 is 0 Å². The molecular weight excluding hydrogens is 170 g/mol. The molecule has 0 aromatic rings. The van der Waals surface area contributed by atoms with Crippen LogP contribution in [0.5, 0.6) is 0 Å². The summed E-state index contributed by atoms with van der Waals surface area (Å²) in [5, 5.41) is 0. The van der Waals surface area contributed by atoms with Crippen molar-refractivity contribution in [2.75, 3.05) is 0 Å². The lowest BCUT2D eigenvalue weighted by Gasteiger charge is -2.29. The van der Waals surface area contributed by atoms with Gasteiger partial charge in [0.15, 0.2) is 0 Å². The SMILES string of the molecule is CC1CCC(CC2CCCC2N)CC1. The predicted octanol–water partition coefficient (Wildman–Crippen LogP) is 3.33. The molecule has 2 unspecified atom stereocenters. The first-order chi connectivity index (χ1) is 6.75. The van der Waals surface area contributed by atoms with Crippen LogP contribution < -0.4 is 5.73 Å². The minimum Gasteiger partial charge on any atom is -0.327 e. The van der Waals surface area contributed by atoms with Crippen LogP contribution in [0.15, 0.2) is 0 Å². The average Bonchev–Trinajstić information content (AvgIpc) is 2.56. The molecule has 0 aliphatic heterocycles. The van der Waals surface area contributed by atoms with Gasteiger partial charge in [0.05, 0.1) is 0 Å². The third-order valence-corrected chi connectivity index (χ3v) is 4.49. The number of nitrogens with two attached hydrogens (primary N) is 1. The van der Waals surface area contributed by atoms with Crippen LogP contribution in [0.25, 0.3) is 0 Å². The van der Waals surface area contributed by atoms with Crippen LogP contribution in [0.1, 0.15) is 58.3 Å². The van der Waals surface area contributed by atoms with E-state index in [1.165, 1.54) is 51.4 Å². The fourth-order valence-electron chi connectivity index (χ4n) is 3.35. The molecule has 1 heteroatoms. The lowest BCUT2D eigenvalue weighted by molar-refractivity contribution is 0.239. The molecule has 0 bridgehead atoms. The highest BCUT2D eigenvalue weighted by atomic mass is 14.7. The zero-order valence-corrected chi connectivity index (χ0v) is 9.54. The van der Waals surface area contributed by atoms with E-state index in [-0.39, 0.29) is 0 Å². The highest BCUT2D eigenvalue weighted by Gasteiger charge is 2.28. The Labute approximate surface area is 88.4 Å². The maximum atomic E-state index is 6.12. The minimum absolute atomic E-state index is 0.536. The van der Waals surface area contributed by atoms with Crippen molar-refractivity contribution in [3.63, 3.8) is 0 Å². The van der Waals surface area contributed by atoms with Gasteiger partial charge in [-0.1, -0.05) is 39.0 Å². The van der Waals surface area contributed by atoms with E-state index in [4.69, 9.17) is 5.73 Å². The average molecular weight is 195 g/mol. The highest BCUT2D eigenvalue weighted by molar-refractivity contribution is 4.83. The van der Waals surface area contributed by atoms with E-state index in [1.807, 2.05) is 0 Å². The second-order valence-corrected chi connectivity index (χ2v) is 5.72. The van der Waals surface area contributed by atoms with Crippen LogP contribution in [0.3, 0.4) is 0 Å². The number of hydrogen-bond acceptors (Lipinski definition) is 1. The molecule has 0 spiro atoms. The monoisotopic (exact) mass is 195 g/mol. The van der Waals surface area contributed by atoms with Crippen LogP contribution in [0, 0.1) is 17.8 Å². The van der Waals surface area contributed by atoms with Crippen LogP contribution in [-0.2, 0) is 0 Å². The molecule has 2 saturated carbocycles. The van der Waals surface area contributed by atoms with E-state index in [1.54, 1.807) is 0 Å². The van der Waals surface area contributed by atoms with Crippen LogP contribution in [0.2, 0.25) is 0 Å². The van der Waals surface area contributed by atoms with Gasteiger partial charge in [0.25, 0.3) is 0 Å². The summed E-state index contributed by atoms with van der Waals surface area (Å²) in [5.74, 6) is 2.87. The Morgan fingerprint density at radius 2 is 1.71 bits per heavy atom. The van der Waals surface area contributed by atoms with Crippen molar-refractivity contribution >= 4 is 0 Å². The maximum absolute atomic E-state index is 6.12. The summed E-state index contributed by atoms with van der Waals surface area (Å²) in [6.45, 7) is 2.40. The summed E-state index contributed by atoms with van der Waals surface area (Å²) < 4.78 is 0. The Kier molecular flexibility index (Phi) is 3.48. The topological polar surface area (TPSA) is 26.0 Å². The lowest BCUT2D eigenvalue weighted by atomic mass is 9.78. The summed E-state index contributed by atoms with van der Waals surface area (Å²) in [7, 11) is 0. The van der Waals surface area contributed by atoms with Crippen molar-refractivity contribution in [3.8, 4) is 0 Å². The number of rotatable bonds is 2. The van der Waals surface area contributed by atoms with Gasteiger partial charge in [0.2, 0.25) is 0 Å². The molecule has 2 atom stereocenters. The zero-order chi connectivity index (χ0) is 9.97. The fraction of sp³-hybridized carbons (Fsp3) is 1.00. The molecular formula is C13H25N. The standard InChI is InChI=1S/C13H25N/c1-10-5-7-11(8-6-10)9-12-3-2-4-13(12)14/h10-13H,2-9,14H2,1H3. The first-order valence-electron chi connectivity index (χ1n) is 6.51. The molecule has 2 N–H and O–H groups in total. The molecule has 2 fully saturated rings. The van der Waals surface area contributed by atoms with Gasteiger partial charge >= 0.3 is 0 Å². The summed E-state index contributed by atoms with van der Waals surface area (Å²) in [6, 6.07) is 0.536. The molecule has 0 saturated heterocycles. The Bertz CT molecular complexity index is 170. The van der Waals surface area contributed by atoms with Gasteiger partial charge in [-0.15, -0.1) is 0 Å². The summed E-state index contributed by atoms with van der Waals surface area (Å²) in [4.78, 5) is 0. The maximum Gasteiger partial charge on any atom is 0.00672 e. The molecule has 0 amide bonds. The largest absolute Gasteiger partial charge is 0.327 e. The summed E-state index contributed by atoms with van der Waals surface area (Å²) >= 11 is 0. The van der Waals surface area contributed by atoms with Gasteiger partial charge in [-0.05, 0) is 37.0 Å². The molecule has 2 aliphatic rings. The molecule has 82 valence electrons. The normalized spacial score (nSPS) is 44.1. The van der Waals surface area contributed by atoms with Crippen molar-refractivity contribution in [2.24, 2.45) is 23.5 Å². The third-order valence-electron chi connectivity index (χ3n) is 4.49. The predicted molar refractivity (Wildman–Crippen MR) is 61.1 cm³/mol. The Hall–Kier alpha value is -0.0400. The lowest BCUT2D eigenvalue weighted by Crippen LogP contribution is -2.27.